The van der Waals surface area contributed by atoms with Gasteiger partial charge in [-0.1, -0.05) is 0 Å². The molecule has 1 unspecified atom stereocenters. The fourth-order valence-electron chi connectivity index (χ4n) is 3.49. The standard InChI is InChI=1S/C19H25N3O4/c1-2-26-18(24)8-5-15-12-20-9-10-22(15)19(25)14-3-6-16-13(11-14)4-7-17(23)21-16/h3,6,11,15,20H,2,4-5,7-10,12H2,1H3,(H,21,23). The molecule has 26 heavy (non-hydrogen) atoms. The van der Waals surface area contributed by atoms with E-state index in [1.807, 2.05) is 11.0 Å². The molecular weight excluding hydrogens is 334 g/mol. The molecule has 7 heteroatoms. The van der Waals surface area contributed by atoms with Gasteiger partial charge in [-0.25, -0.2) is 0 Å². The van der Waals surface area contributed by atoms with E-state index in [4.69, 9.17) is 4.74 Å². The lowest BCUT2D eigenvalue weighted by molar-refractivity contribution is -0.143. The molecule has 2 N–H and O–H groups in total. The molecule has 0 bridgehead atoms. The highest BCUT2D eigenvalue weighted by Gasteiger charge is 2.28. The number of amides is 2. The van der Waals surface area contributed by atoms with Crippen molar-refractivity contribution in [3.05, 3.63) is 29.3 Å². The largest absolute Gasteiger partial charge is 0.466 e. The van der Waals surface area contributed by atoms with Crippen molar-refractivity contribution in [2.75, 3.05) is 31.6 Å². The quantitative estimate of drug-likeness (QED) is 0.775. The predicted octanol–water partition coefficient (Wildman–Crippen LogP) is 1.33. The van der Waals surface area contributed by atoms with Crippen LogP contribution in [0.5, 0.6) is 0 Å². The minimum atomic E-state index is -0.227. The number of piperazine rings is 1. The molecule has 2 aliphatic heterocycles. The highest BCUT2D eigenvalue weighted by atomic mass is 16.5. The smallest absolute Gasteiger partial charge is 0.305 e. The van der Waals surface area contributed by atoms with Gasteiger partial charge in [0.25, 0.3) is 5.91 Å². The van der Waals surface area contributed by atoms with Gasteiger partial charge in [-0.3, -0.25) is 14.4 Å². The average molecular weight is 359 g/mol. The Kier molecular flexibility index (Phi) is 5.88. The Morgan fingerprint density at radius 2 is 2.15 bits per heavy atom. The number of hydrogen-bond acceptors (Lipinski definition) is 5. The number of carbonyl (C=O) groups is 3. The second-order valence-corrected chi connectivity index (χ2v) is 6.62. The molecule has 2 amide bonds. The van der Waals surface area contributed by atoms with E-state index < -0.39 is 0 Å². The molecule has 140 valence electrons. The van der Waals surface area contributed by atoms with Gasteiger partial charge in [0.2, 0.25) is 5.91 Å². The Bertz CT molecular complexity index is 704. The molecule has 1 atom stereocenters. The van der Waals surface area contributed by atoms with Gasteiger partial charge in [0, 0.05) is 49.8 Å². The summed E-state index contributed by atoms with van der Waals surface area (Å²) in [4.78, 5) is 38.0. The first-order valence-electron chi connectivity index (χ1n) is 9.18. The van der Waals surface area contributed by atoms with Gasteiger partial charge in [-0.05, 0) is 43.5 Å². The number of benzene rings is 1. The lowest BCUT2D eigenvalue weighted by Crippen LogP contribution is -2.53. The van der Waals surface area contributed by atoms with Crippen molar-refractivity contribution in [1.29, 1.82) is 0 Å². The minimum Gasteiger partial charge on any atom is -0.466 e. The van der Waals surface area contributed by atoms with E-state index in [1.54, 1.807) is 19.1 Å². The number of hydrogen-bond donors (Lipinski definition) is 2. The summed E-state index contributed by atoms with van der Waals surface area (Å²) in [5.41, 5.74) is 2.41. The van der Waals surface area contributed by atoms with Gasteiger partial charge in [-0.15, -0.1) is 0 Å². The number of nitrogens with one attached hydrogen (secondary N) is 2. The van der Waals surface area contributed by atoms with Gasteiger partial charge in [0.05, 0.1) is 6.61 Å². The Labute approximate surface area is 153 Å². The molecule has 0 radical (unpaired) electrons. The van der Waals surface area contributed by atoms with E-state index in [9.17, 15) is 14.4 Å². The summed E-state index contributed by atoms with van der Waals surface area (Å²) in [6, 6.07) is 5.41. The molecule has 0 aromatic heterocycles. The van der Waals surface area contributed by atoms with Gasteiger partial charge in [0.15, 0.2) is 0 Å². The van der Waals surface area contributed by atoms with Crippen LogP contribution in [0.25, 0.3) is 0 Å². The average Bonchev–Trinajstić information content (AvgIpc) is 2.66. The van der Waals surface area contributed by atoms with E-state index in [1.165, 1.54) is 0 Å². The second kappa shape index (κ2) is 8.31. The van der Waals surface area contributed by atoms with Crippen LogP contribution in [0, 0.1) is 0 Å². The molecular formula is C19H25N3O4. The van der Waals surface area contributed by atoms with Crippen molar-refractivity contribution in [3.63, 3.8) is 0 Å². The van der Waals surface area contributed by atoms with Crippen LogP contribution in [0.2, 0.25) is 0 Å². The van der Waals surface area contributed by atoms with Crippen molar-refractivity contribution < 1.29 is 19.1 Å². The monoisotopic (exact) mass is 359 g/mol. The van der Waals surface area contributed by atoms with Crippen LogP contribution in [-0.2, 0) is 20.7 Å². The van der Waals surface area contributed by atoms with Crippen LogP contribution in [0.4, 0.5) is 5.69 Å². The van der Waals surface area contributed by atoms with Crippen LogP contribution in [0.3, 0.4) is 0 Å². The topological polar surface area (TPSA) is 87.7 Å². The van der Waals surface area contributed by atoms with E-state index in [0.29, 0.717) is 50.9 Å². The van der Waals surface area contributed by atoms with E-state index in [0.717, 1.165) is 17.8 Å². The van der Waals surface area contributed by atoms with Gasteiger partial charge >= 0.3 is 5.97 Å². The summed E-state index contributed by atoms with van der Waals surface area (Å²) in [6.07, 6.45) is 1.98. The first-order chi connectivity index (χ1) is 12.6. The van der Waals surface area contributed by atoms with Crippen molar-refractivity contribution >= 4 is 23.5 Å². The zero-order chi connectivity index (χ0) is 18.5. The van der Waals surface area contributed by atoms with Crippen molar-refractivity contribution in [2.45, 2.75) is 38.6 Å². The van der Waals surface area contributed by atoms with Crippen LogP contribution >= 0.6 is 0 Å². The van der Waals surface area contributed by atoms with Gasteiger partial charge in [-0.2, -0.15) is 0 Å². The van der Waals surface area contributed by atoms with Crippen molar-refractivity contribution in [2.24, 2.45) is 0 Å². The number of carbonyl (C=O) groups excluding carboxylic acids is 3. The van der Waals surface area contributed by atoms with E-state index in [2.05, 4.69) is 10.6 Å². The van der Waals surface area contributed by atoms with Crippen LogP contribution in [0.1, 0.15) is 42.1 Å². The fourth-order valence-corrected chi connectivity index (χ4v) is 3.49. The molecule has 1 aromatic carbocycles. The lowest BCUT2D eigenvalue weighted by Gasteiger charge is -2.36. The summed E-state index contributed by atoms with van der Waals surface area (Å²) in [6.45, 7) is 4.18. The number of fused-ring (bicyclic) bond motifs is 1. The summed E-state index contributed by atoms with van der Waals surface area (Å²) in [7, 11) is 0. The summed E-state index contributed by atoms with van der Waals surface area (Å²) in [5, 5.41) is 6.12. The maximum Gasteiger partial charge on any atom is 0.305 e. The molecule has 7 nitrogen and oxygen atoms in total. The number of aryl methyl sites for hydroxylation is 1. The molecule has 0 spiro atoms. The van der Waals surface area contributed by atoms with Crippen molar-refractivity contribution in [1.82, 2.24) is 10.2 Å². The Morgan fingerprint density at radius 1 is 1.31 bits per heavy atom. The predicted molar refractivity (Wildman–Crippen MR) is 97.0 cm³/mol. The SMILES string of the molecule is CCOC(=O)CCC1CNCCN1C(=O)c1ccc2c(c1)CCC(=O)N2. The van der Waals surface area contributed by atoms with Gasteiger partial charge < -0.3 is 20.3 Å². The highest BCUT2D eigenvalue weighted by molar-refractivity contribution is 5.98. The Hall–Kier alpha value is -2.41. The third-order valence-electron chi connectivity index (χ3n) is 4.85. The highest BCUT2D eigenvalue weighted by Crippen LogP contribution is 2.25. The van der Waals surface area contributed by atoms with Crippen LogP contribution in [0.15, 0.2) is 18.2 Å². The third-order valence-corrected chi connectivity index (χ3v) is 4.85. The fraction of sp³-hybridized carbons (Fsp3) is 0.526. The van der Waals surface area contributed by atoms with E-state index >= 15 is 0 Å². The maximum atomic E-state index is 13.0. The normalized spacial score (nSPS) is 19.5. The molecule has 2 aliphatic rings. The number of ether oxygens (including phenoxy) is 1. The number of esters is 1. The zero-order valence-electron chi connectivity index (χ0n) is 15.0. The molecule has 0 saturated carbocycles. The first-order valence-corrected chi connectivity index (χ1v) is 9.18. The summed E-state index contributed by atoms with van der Waals surface area (Å²) in [5.74, 6) is -0.243. The first kappa shape index (κ1) is 18.4. The van der Waals surface area contributed by atoms with Crippen LogP contribution < -0.4 is 10.6 Å². The summed E-state index contributed by atoms with van der Waals surface area (Å²) >= 11 is 0. The summed E-state index contributed by atoms with van der Waals surface area (Å²) < 4.78 is 4.99. The minimum absolute atomic E-state index is 0.0118. The number of anilines is 1. The second-order valence-electron chi connectivity index (χ2n) is 6.62. The zero-order valence-corrected chi connectivity index (χ0v) is 15.0. The van der Waals surface area contributed by atoms with Crippen LogP contribution in [-0.4, -0.2) is 55.0 Å². The molecule has 0 aliphatic carbocycles. The Morgan fingerprint density at radius 3 is 2.96 bits per heavy atom. The Balaban J connectivity index is 1.70. The molecule has 3 rings (SSSR count). The lowest BCUT2D eigenvalue weighted by atomic mass is 9.99. The molecule has 2 heterocycles. The van der Waals surface area contributed by atoms with E-state index in [-0.39, 0.29) is 23.8 Å². The van der Waals surface area contributed by atoms with Crippen molar-refractivity contribution in [3.8, 4) is 0 Å². The van der Waals surface area contributed by atoms with Gasteiger partial charge in [0.1, 0.15) is 0 Å². The molecule has 1 aromatic rings. The maximum absolute atomic E-state index is 13.0. The third kappa shape index (κ3) is 4.22. The molecule has 1 fully saturated rings. The number of nitrogens with zero attached hydrogens (tertiary/aromatic N) is 1. The number of rotatable bonds is 5. The molecule has 1 saturated heterocycles.